The maximum absolute atomic E-state index is 13.5. The van der Waals surface area contributed by atoms with E-state index in [-0.39, 0.29) is 36.8 Å². The Hall–Kier alpha value is -0.260. The molecule has 2 rings (SSSR count). The average Bonchev–Trinajstić information content (AvgIpc) is 2.78. The van der Waals surface area contributed by atoms with Gasteiger partial charge >= 0.3 is 0 Å². The zero-order valence-electron chi connectivity index (χ0n) is 16.8. The second-order valence-electron chi connectivity index (χ2n) is 8.78. The van der Waals surface area contributed by atoms with Crippen molar-refractivity contribution in [3.8, 4) is 0 Å². The first kappa shape index (κ1) is 21.0. The Morgan fingerprint density at radius 1 is 0.920 bits per heavy atom. The van der Waals surface area contributed by atoms with Crippen LogP contribution in [0.25, 0.3) is 0 Å². The van der Waals surface area contributed by atoms with Crippen LogP contribution < -0.4 is 0 Å². The summed E-state index contributed by atoms with van der Waals surface area (Å²) in [5.74, 6) is 1.31. The quantitative estimate of drug-likeness (QED) is 0.722. The summed E-state index contributed by atoms with van der Waals surface area (Å²) in [4.78, 5) is 2.10. The van der Waals surface area contributed by atoms with Gasteiger partial charge in [-0.3, -0.25) is 4.90 Å². The summed E-state index contributed by atoms with van der Waals surface area (Å²) in [6, 6.07) is 0.128. The van der Waals surface area contributed by atoms with Gasteiger partial charge < -0.3 is 9.47 Å². The lowest BCUT2D eigenvalue weighted by molar-refractivity contribution is -0.0780. The van der Waals surface area contributed by atoms with E-state index in [0.29, 0.717) is 31.0 Å². The van der Waals surface area contributed by atoms with Crippen LogP contribution in [-0.4, -0.2) is 55.4 Å². The third-order valence-corrected chi connectivity index (χ3v) is 5.91. The standard InChI is InChI=1S/C20H37F2NO2/c1-12(2)18-19(13(3)4)23(11-17(21)22)15-7-9-24-10-8-16(15)25-20(18)14(5)6/h12-20H,7-11H2,1-6H3. The Morgan fingerprint density at radius 2 is 1.56 bits per heavy atom. The fourth-order valence-corrected chi connectivity index (χ4v) is 4.97. The molecule has 3 nitrogen and oxygen atoms in total. The maximum atomic E-state index is 13.5. The lowest BCUT2D eigenvalue weighted by Gasteiger charge is -2.44. The van der Waals surface area contributed by atoms with E-state index in [0.717, 1.165) is 12.8 Å². The Labute approximate surface area is 152 Å². The smallest absolute Gasteiger partial charge is 0.251 e. The van der Waals surface area contributed by atoms with E-state index < -0.39 is 6.43 Å². The largest absolute Gasteiger partial charge is 0.381 e. The highest BCUT2D eigenvalue weighted by Gasteiger charge is 2.48. The molecule has 2 fully saturated rings. The van der Waals surface area contributed by atoms with Gasteiger partial charge in [-0.2, -0.15) is 0 Å². The molecule has 0 aromatic carbocycles. The number of nitrogens with zero attached hydrogens (tertiary/aromatic N) is 1. The number of halogens is 2. The number of alkyl halides is 2. The highest BCUT2D eigenvalue weighted by Crippen LogP contribution is 2.40. The van der Waals surface area contributed by atoms with Gasteiger partial charge in [0.25, 0.3) is 6.43 Å². The SMILES string of the molecule is CC(C)C1OC2CCOCCC2N(CC(F)F)C(C(C)C)C1C(C)C. The van der Waals surface area contributed by atoms with Crippen molar-refractivity contribution >= 4 is 0 Å². The molecule has 0 aromatic heterocycles. The molecule has 148 valence electrons. The highest BCUT2D eigenvalue weighted by atomic mass is 19.3. The van der Waals surface area contributed by atoms with Crippen molar-refractivity contribution in [2.45, 2.75) is 85.1 Å². The zero-order chi connectivity index (χ0) is 18.7. The molecule has 5 heteroatoms. The van der Waals surface area contributed by atoms with Crippen LogP contribution in [0.15, 0.2) is 0 Å². The summed E-state index contributed by atoms with van der Waals surface area (Å²) >= 11 is 0. The van der Waals surface area contributed by atoms with Crippen LogP contribution >= 0.6 is 0 Å². The summed E-state index contributed by atoms with van der Waals surface area (Å²) < 4.78 is 39.3. The molecular weight excluding hydrogens is 324 g/mol. The second-order valence-corrected chi connectivity index (χ2v) is 8.78. The molecule has 2 saturated heterocycles. The molecule has 2 aliphatic rings. The van der Waals surface area contributed by atoms with Gasteiger partial charge in [-0.15, -0.1) is 0 Å². The van der Waals surface area contributed by atoms with Gasteiger partial charge in [0.15, 0.2) is 0 Å². The van der Waals surface area contributed by atoms with Gasteiger partial charge in [0.05, 0.1) is 18.8 Å². The van der Waals surface area contributed by atoms with Crippen molar-refractivity contribution in [1.82, 2.24) is 4.90 Å². The van der Waals surface area contributed by atoms with Crippen LogP contribution in [0.3, 0.4) is 0 Å². The highest BCUT2D eigenvalue weighted by molar-refractivity contribution is 4.98. The van der Waals surface area contributed by atoms with E-state index >= 15 is 0 Å². The van der Waals surface area contributed by atoms with Gasteiger partial charge in [-0.1, -0.05) is 41.5 Å². The molecule has 0 aliphatic carbocycles. The molecule has 0 bridgehead atoms. The minimum Gasteiger partial charge on any atom is -0.381 e. The average molecular weight is 362 g/mol. The minimum atomic E-state index is -2.32. The van der Waals surface area contributed by atoms with Crippen molar-refractivity contribution in [2.75, 3.05) is 19.8 Å². The topological polar surface area (TPSA) is 21.7 Å². The van der Waals surface area contributed by atoms with Crippen molar-refractivity contribution in [2.24, 2.45) is 23.7 Å². The number of hydrogen-bond acceptors (Lipinski definition) is 3. The van der Waals surface area contributed by atoms with E-state index in [1.807, 2.05) is 0 Å². The molecule has 0 aromatic rings. The van der Waals surface area contributed by atoms with E-state index in [1.54, 1.807) is 0 Å². The van der Waals surface area contributed by atoms with Gasteiger partial charge in [0, 0.05) is 31.2 Å². The third-order valence-electron chi connectivity index (χ3n) is 5.91. The lowest BCUT2D eigenvalue weighted by atomic mass is 9.75. The molecule has 0 N–H and O–H groups in total. The van der Waals surface area contributed by atoms with Crippen molar-refractivity contribution < 1.29 is 18.3 Å². The van der Waals surface area contributed by atoms with Gasteiger partial charge in [-0.25, -0.2) is 8.78 Å². The van der Waals surface area contributed by atoms with Gasteiger partial charge in [-0.05, 0) is 30.6 Å². The molecule has 5 unspecified atom stereocenters. The molecule has 0 radical (unpaired) electrons. The summed E-state index contributed by atoms with van der Waals surface area (Å²) in [5, 5.41) is 0. The van der Waals surface area contributed by atoms with E-state index in [4.69, 9.17) is 9.47 Å². The molecular formula is C20H37F2NO2. The Morgan fingerprint density at radius 3 is 2.08 bits per heavy atom. The van der Waals surface area contributed by atoms with E-state index in [9.17, 15) is 8.78 Å². The molecule has 2 heterocycles. The van der Waals surface area contributed by atoms with Crippen molar-refractivity contribution in [1.29, 1.82) is 0 Å². The first-order valence-corrected chi connectivity index (χ1v) is 10.0. The summed E-state index contributed by atoms with van der Waals surface area (Å²) in [6.45, 7) is 14.3. The number of rotatable bonds is 5. The molecule has 0 spiro atoms. The zero-order valence-corrected chi connectivity index (χ0v) is 16.8. The predicted octanol–water partition coefficient (Wildman–Crippen LogP) is 4.45. The minimum absolute atomic E-state index is 0.0151. The predicted molar refractivity (Wildman–Crippen MR) is 97.0 cm³/mol. The fraction of sp³-hybridized carbons (Fsp3) is 1.00. The number of ether oxygens (including phenoxy) is 2. The van der Waals surface area contributed by atoms with Crippen LogP contribution in [0.1, 0.15) is 54.4 Å². The first-order valence-electron chi connectivity index (χ1n) is 10.0. The first-order chi connectivity index (χ1) is 11.7. The Balaban J connectivity index is 2.49. The Bertz CT molecular complexity index is 403. The normalized spacial score (nSPS) is 35.3. The Kier molecular flexibility index (Phi) is 7.66. The molecule has 0 saturated carbocycles. The van der Waals surface area contributed by atoms with Crippen LogP contribution in [0.4, 0.5) is 8.78 Å². The van der Waals surface area contributed by atoms with Crippen LogP contribution in [0.2, 0.25) is 0 Å². The number of fused-ring (bicyclic) bond motifs is 1. The van der Waals surface area contributed by atoms with Gasteiger partial charge in [0.2, 0.25) is 0 Å². The van der Waals surface area contributed by atoms with Gasteiger partial charge in [0.1, 0.15) is 0 Å². The molecule has 0 amide bonds. The molecule has 25 heavy (non-hydrogen) atoms. The lowest BCUT2D eigenvalue weighted by Crippen LogP contribution is -2.54. The van der Waals surface area contributed by atoms with Crippen molar-refractivity contribution in [3.05, 3.63) is 0 Å². The maximum Gasteiger partial charge on any atom is 0.251 e. The van der Waals surface area contributed by atoms with Crippen LogP contribution in [0.5, 0.6) is 0 Å². The van der Waals surface area contributed by atoms with Crippen LogP contribution in [0, 0.1) is 23.7 Å². The summed E-state index contributed by atoms with van der Waals surface area (Å²) in [5.41, 5.74) is 0. The van der Waals surface area contributed by atoms with Crippen LogP contribution in [-0.2, 0) is 9.47 Å². The fourth-order valence-electron chi connectivity index (χ4n) is 4.97. The number of hydrogen-bond donors (Lipinski definition) is 0. The third kappa shape index (κ3) is 4.92. The summed E-state index contributed by atoms with van der Waals surface area (Å²) in [7, 11) is 0. The van der Waals surface area contributed by atoms with Crippen molar-refractivity contribution in [3.63, 3.8) is 0 Å². The van der Waals surface area contributed by atoms with E-state index in [2.05, 4.69) is 46.4 Å². The summed E-state index contributed by atoms with van der Waals surface area (Å²) in [6.07, 6.45) is -0.673. The second kappa shape index (κ2) is 9.09. The molecule has 5 atom stereocenters. The molecule has 2 aliphatic heterocycles. The monoisotopic (exact) mass is 361 g/mol. The van der Waals surface area contributed by atoms with E-state index in [1.165, 1.54) is 0 Å².